The van der Waals surface area contributed by atoms with E-state index in [1.165, 1.54) is 11.3 Å². The van der Waals surface area contributed by atoms with E-state index < -0.39 is 0 Å². The Kier molecular flexibility index (Phi) is 3.57. The Morgan fingerprint density at radius 3 is 2.85 bits per heavy atom. The first-order chi connectivity index (χ1) is 6.09. The van der Waals surface area contributed by atoms with Crippen LogP contribution in [0.4, 0.5) is 0 Å². The van der Waals surface area contributed by atoms with Crippen LogP contribution in [0.3, 0.4) is 0 Å². The van der Waals surface area contributed by atoms with E-state index in [1.807, 2.05) is 20.8 Å². The predicted octanol–water partition coefficient (Wildman–Crippen LogP) is 2.06. The maximum absolute atomic E-state index is 11.4. The molecule has 1 rings (SSSR count). The summed E-state index contributed by atoms with van der Waals surface area (Å²) in [5, 5.41) is 0.910. The lowest BCUT2D eigenvalue weighted by atomic mass is 10.3. The molecule has 0 aliphatic heterocycles. The van der Waals surface area contributed by atoms with Gasteiger partial charge in [-0.05, 0) is 20.8 Å². The van der Waals surface area contributed by atoms with Crippen molar-refractivity contribution in [2.75, 3.05) is 6.61 Å². The fourth-order valence-electron chi connectivity index (χ4n) is 0.804. The highest BCUT2D eigenvalue weighted by Gasteiger charge is 2.09. The topological polar surface area (TPSA) is 39.2 Å². The third kappa shape index (κ3) is 3.24. The van der Waals surface area contributed by atoms with Crippen molar-refractivity contribution in [1.82, 2.24) is 4.98 Å². The third-order valence-electron chi connectivity index (χ3n) is 1.44. The van der Waals surface area contributed by atoms with Crippen molar-refractivity contribution in [3.63, 3.8) is 0 Å². The molecule has 3 nitrogen and oxygen atoms in total. The Labute approximate surface area is 81.8 Å². The smallest absolute Gasteiger partial charge is 0.200 e. The molecular formula is C9H13NO2S. The molecule has 1 aromatic rings. The van der Waals surface area contributed by atoms with Crippen LogP contribution in [0.2, 0.25) is 0 Å². The highest BCUT2D eigenvalue weighted by molar-refractivity contribution is 7.13. The summed E-state index contributed by atoms with van der Waals surface area (Å²) in [7, 11) is 0. The Bertz CT molecular complexity index is 294. The monoisotopic (exact) mass is 199 g/mol. The second-order valence-corrected chi connectivity index (χ2v) is 4.26. The number of hydrogen-bond acceptors (Lipinski definition) is 4. The predicted molar refractivity (Wildman–Crippen MR) is 52.3 cm³/mol. The summed E-state index contributed by atoms with van der Waals surface area (Å²) in [5.74, 6) is 0.0132. The molecule has 4 heteroatoms. The van der Waals surface area contributed by atoms with Gasteiger partial charge < -0.3 is 4.74 Å². The minimum atomic E-state index is 0.0132. The molecule has 0 aliphatic carbocycles. The van der Waals surface area contributed by atoms with Crippen molar-refractivity contribution in [2.45, 2.75) is 26.9 Å². The summed E-state index contributed by atoms with van der Waals surface area (Å²) in [5.41, 5.74) is 0. The Hall–Kier alpha value is -0.740. The van der Waals surface area contributed by atoms with Crippen molar-refractivity contribution >= 4 is 17.1 Å². The molecule has 0 fully saturated rings. The van der Waals surface area contributed by atoms with Crippen molar-refractivity contribution in [3.8, 4) is 0 Å². The number of hydrogen-bond donors (Lipinski definition) is 0. The SMILES string of the molecule is Cc1ncc(C(=O)COC(C)C)s1. The van der Waals surface area contributed by atoms with Crippen molar-refractivity contribution in [1.29, 1.82) is 0 Å². The van der Waals surface area contributed by atoms with Gasteiger partial charge in [0.05, 0.1) is 16.0 Å². The highest BCUT2D eigenvalue weighted by atomic mass is 32.1. The molecule has 0 atom stereocenters. The Morgan fingerprint density at radius 1 is 1.69 bits per heavy atom. The number of aryl methyl sites for hydroxylation is 1. The lowest BCUT2D eigenvalue weighted by Crippen LogP contribution is -2.12. The molecule has 72 valence electrons. The first-order valence-corrected chi connectivity index (χ1v) is 4.98. The third-order valence-corrected chi connectivity index (χ3v) is 2.40. The van der Waals surface area contributed by atoms with Crippen LogP contribution >= 0.6 is 11.3 Å². The summed E-state index contributed by atoms with van der Waals surface area (Å²) in [6.45, 7) is 5.85. The second-order valence-electron chi connectivity index (χ2n) is 3.03. The molecule has 13 heavy (non-hydrogen) atoms. The van der Waals surface area contributed by atoms with Gasteiger partial charge in [0, 0.05) is 6.20 Å². The number of rotatable bonds is 4. The van der Waals surface area contributed by atoms with Gasteiger partial charge in [0.2, 0.25) is 0 Å². The van der Waals surface area contributed by atoms with E-state index in [9.17, 15) is 4.79 Å². The van der Waals surface area contributed by atoms with E-state index in [1.54, 1.807) is 6.20 Å². The number of ketones is 1. The summed E-state index contributed by atoms with van der Waals surface area (Å²) in [6, 6.07) is 0. The number of thiazole rings is 1. The zero-order valence-electron chi connectivity index (χ0n) is 8.03. The first kappa shape index (κ1) is 10.3. The zero-order chi connectivity index (χ0) is 9.84. The van der Waals surface area contributed by atoms with Crippen LogP contribution in [0, 0.1) is 6.92 Å². The molecule has 0 N–H and O–H groups in total. The van der Waals surface area contributed by atoms with Gasteiger partial charge in [0.15, 0.2) is 5.78 Å². The molecule has 1 aromatic heterocycles. The number of ether oxygens (including phenoxy) is 1. The molecular weight excluding hydrogens is 186 g/mol. The number of Topliss-reactive ketones (excluding diaryl/α,β-unsaturated/α-hetero) is 1. The summed E-state index contributed by atoms with van der Waals surface area (Å²) >= 11 is 1.41. The minimum Gasteiger partial charge on any atom is -0.371 e. The lowest BCUT2D eigenvalue weighted by molar-refractivity contribution is 0.0588. The van der Waals surface area contributed by atoms with Crippen LogP contribution < -0.4 is 0 Å². The van der Waals surface area contributed by atoms with Crippen LogP contribution in [-0.4, -0.2) is 23.5 Å². The van der Waals surface area contributed by atoms with E-state index in [0.29, 0.717) is 4.88 Å². The molecule has 0 aliphatic rings. The van der Waals surface area contributed by atoms with Crippen LogP contribution in [-0.2, 0) is 4.74 Å². The fourth-order valence-corrected chi connectivity index (χ4v) is 1.51. The molecule has 0 saturated heterocycles. The maximum Gasteiger partial charge on any atom is 0.200 e. The average molecular weight is 199 g/mol. The van der Waals surface area contributed by atoms with Crippen LogP contribution in [0.5, 0.6) is 0 Å². The van der Waals surface area contributed by atoms with E-state index in [4.69, 9.17) is 4.74 Å². The van der Waals surface area contributed by atoms with Gasteiger partial charge in [-0.25, -0.2) is 4.98 Å². The summed E-state index contributed by atoms with van der Waals surface area (Å²) in [4.78, 5) is 16.1. The van der Waals surface area contributed by atoms with E-state index in [-0.39, 0.29) is 18.5 Å². The van der Waals surface area contributed by atoms with Gasteiger partial charge in [-0.1, -0.05) is 0 Å². The lowest BCUT2D eigenvalue weighted by Gasteiger charge is -2.04. The molecule has 0 saturated carbocycles. The van der Waals surface area contributed by atoms with Gasteiger partial charge in [-0.3, -0.25) is 4.79 Å². The van der Waals surface area contributed by atoms with Gasteiger partial charge in [0.1, 0.15) is 6.61 Å². The quantitative estimate of drug-likeness (QED) is 0.697. The largest absolute Gasteiger partial charge is 0.371 e. The van der Waals surface area contributed by atoms with E-state index >= 15 is 0 Å². The Balaban J connectivity index is 2.49. The zero-order valence-corrected chi connectivity index (χ0v) is 8.85. The van der Waals surface area contributed by atoms with Crippen LogP contribution in [0.1, 0.15) is 28.5 Å². The molecule has 0 unspecified atom stereocenters. The minimum absolute atomic E-state index is 0.0132. The fraction of sp³-hybridized carbons (Fsp3) is 0.556. The highest BCUT2D eigenvalue weighted by Crippen LogP contribution is 2.12. The van der Waals surface area contributed by atoms with Crippen LogP contribution in [0.25, 0.3) is 0 Å². The number of carbonyl (C=O) groups excluding carboxylic acids is 1. The molecule has 0 aromatic carbocycles. The van der Waals surface area contributed by atoms with Gasteiger partial charge in [0.25, 0.3) is 0 Å². The van der Waals surface area contributed by atoms with Crippen molar-refractivity contribution in [2.24, 2.45) is 0 Å². The number of carbonyl (C=O) groups is 1. The standard InChI is InChI=1S/C9H13NO2S/c1-6(2)12-5-8(11)9-4-10-7(3)13-9/h4,6H,5H2,1-3H3. The molecule has 0 radical (unpaired) electrons. The second kappa shape index (κ2) is 4.48. The summed E-state index contributed by atoms with van der Waals surface area (Å²) < 4.78 is 5.20. The molecule has 0 amide bonds. The van der Waals surface area contributed by atoms with Crippen LogP contribution in [0.15, 0.2) is 6.20 Å². The molecule has 1 heterocycles. The first-order valence-electron chi connectivity index (χ1n) is 4.17. The number of aromatic nitrogens is 1. The normalized spacial score (nSPS) is 10.8. The van der Waals surface area contributed by atoms with Gasteiger partial charge >= 0.3 is 0 Å². The van der Waals surface area contributed by atoms with Crippen molar-refractivity contribution in [3.05, 3.63) is 16.1 Å². The van der Waals surface area contributed by atoms with Gasteiger partial charge in [-0.2, -0.15) is 0 Å². The average Bonchev–Trinajstić information content (AvgIpc) is 2.47. The summed E-state index contributed by atoms with van der Waals surface area (Å²) in [6.07, 6.45) is 1.70. The Morgan fingerprint density at radius 2 is 2.38 bits per heavy atom. The van der Waals surface area contributed by atoms with Crippen molar-refractivity contribution < 1.29 is 9.53 Å². The van der Waals surface area contributed by atoms with E-state index in [0.717, 1.165) is 5.01 Å². The van der Waals surface area contributed by atoms with Gasteiger partial charge in [-0.15, -0.1) is 11.3 Å². The maximum atomic E-state index is 11.4. The van der Waals surface area contributed by atoms with E-state index in [2.05, 4.69) is 4.98 Å². The number of nitrogens with zero attached hydrogens (tertiary/aromatic N) is 1. The molecule has 0 spiro atoms. The molecule has 0 bridgehead atoms.